The molecule has 0 aliphatic heterocycles. The van der Waals surface area contributed by atoms with E-state index in [1.165, 1.54) is 0 Å². The summed E-state index contributed by atoms with van der Waals surface area (Å²) in [6.45, 7) is 8.68. The van der Waals surface area contributed by atoms with Gasteiger partial charge in [-0.05, 0) is 19.8 Å². The van der Waals surface area contributed by atoms with E-state index in [-0.39, 0.29) is 11.7 Å². The minimum Gasteiger partial charge on any atom is -0.335 e. The van der Waals surface area contributed by atoms with E-state index in [1.807, 2.05) is 10.8 Å². The fourth-order valence-corrected chi connectivity index (χ4v) is 1.82. The number of imidazole rings is 1. The van der Waals surface area contributed by atoms with Gasteiger partial charge in [0.05, 0.1) is 5.92 Å². The highest BCUT2D eigenvalue weighted by atomic mass is 16.1. The number of carbonyl (C=O) groups is 1. The van der Waals surface area contributed by atoms with Crippen LogP contribution in [-0.2, 0) is 11.3 Å². The molecule has 14 heavy (non-hydrogen) atoms. The summed E-state index contributed by atoms with van der Waals surface area (Å²) in [6.07, 6.45) is 3.69. The quantitative estimate of drug-likeness (QED) is 0.736. The lowest BCUT2D eigenvalue weighted by molar-refractivity contribution is -0.119. The molecule has 1 aromatic rings. The molecule has 0 aliphatic carbocycles. The predicted molar refractivity (Wildman–Crippen MR) is 56.2 cm³/mol. The van der Waals surface area contributed by atoms with Crippen LogP contribution in [0.4, 0.5) is 0 Å². The molecule has 0 bridgehead atoms. The molecule has 3 heteroatoms. The standard InChI is InChI=1S/C11H18N2O/c1-5-13-7-6-12-11(13)10(8(2)3)9(4)14/h6-8,10H,5H2,1-4H3. The van der Waals surface area contributed by atoms with E-state index in [4.69, 9.17) is 0 Å². The first kappa shape index (κ1) is 11.0. The second-order valence-corrected chi connectivity index (χ2v) is 3.90. The third kappa shape index (κ3) is 2.03. The van der Waals surface area contributed by atoms with Crippen LogP contribution in [0.5, 0.6) is 0 Å². The highest BCUT2D eigenvalue weighted by Crippen LogP contribution is 2.23. The predicted octanol–water partition coefficient (Wildman–Crippen LogP) is 2.23. The van der Waals surface area contributed by atoms with Crippen LogP contribution in [-0.4, -0.2) is 15.3 Å². The van der Waals surface area contributed by atoms with Crippen LogP contribution in [0, 0.1) is 5.92 Å². The van der Waals surface area contributed by atoms with E-state index in [1.54, 1.807) is 13.1 Å². The Morgan fingerprint density at radius 1 is 1.57 bits per heavy atom. The molecule has 0 spiro atoms. The van der Waals surface area contributed by atoms with Gasteiger partial charge >= 0.3 is 0 Å². The number of hydrogen-bond acceptors (Lipinski definition) is 2. The fraction of sp³-hybridized carbons (Fsp3) is 0.636. The number of Topliss-reactive ketones (excluding diaryl/α,β-unsaturated/α-hetero) is 1. The van der Waals surface area contributed by atoms with Crippen LogP contribution >= 0.6 is 0 Å². The monoisotopic (exact) mass is 194 g/mol. The second-order valence-electron chi connectivity index (χ2n) is 3.90. The Bertz CT molecular complexity index is 315. The number of hydrogen-bond donors (Lipinski definition) is 0. The maximum absolute atomic E-state index is 11.5. The molecular weight excluding hydrogens is 176 g/mol. The van der Waals surface area contributed by atoms with Gasteiger partial charge in [0.2, 0.25) is 0 Å². The molecule has 1 atom stereocenters. The SMILES string of the molecule is CCn1ccnc1C(C(C)=O)C(C)C. The van der Waals surface area contributed by atoms with Crippen LogP contribution in [0.2, 0.25) is 0 Å². The Balaban J connectivity index is 3.04. The van der Waals surface area contributed by atoms with Crippen LogP contribution in [0.1, 0.15) is 39.4 Å². The molecule has 1 heterocycles. The van der Waals surface area contributed by atoms with E-state index in [0.717, 1.165) is 12.4 Å². The van der Waals surface area contributed by atoms with Crippen molar-refractivity contribution in [3.63, 3.8) is 0 Å². The first-order valence-electron chi connectivity index (χ1n) is 5.09. The lowest BCUT2D eigenvalue weighted by Gasteiger charge is -2.18. The largest absolute Gasteiger partial charge is 0.335 e. The van der Waals surface area contributed by atoms with Gasteiger partial charge < -0.3 is 4.57 Å². The molecule has 1 aromatic heterocycles. The van der Waals surface area contributed by atoms with E-state index in [2.05, 4.69) is 25.8 Å². The van der Waals surface area contributed by atoms with Gasteiger partial charge in [-0.25, -0.2) is 4.98 Å². The first-order valence-corrected chi connectivity index (χ1v) is 5.09. The van der Waals surface area contributed by atoms with Gasteiger partial charge in [0.1, 0.15) is 11.6 Å². The van der Waals surface area contributed by atoms with Crippen molar-refractivity contribution in [2.45, 2.75) is 40.2 Å². The van der Waals surface area contributed by atoms with Gasteiger partial charge in [0.15, 0.2) is 0 Å². The highest BCUT2D eigenvalue weighted by molar-refractivity contribution is 5.82. The molecule has 78 valence electrons. The molecule has 1 unspecified atom stereocenters. The Labute approximate surface area is 85.2 Å². The zero-order chi connectivity index (χ0) is 10.7. The van der Waals surface area contributed by atoms with Gasteiger partial charge in [0.25, 0.3) is 0 Å². The normalized spacial score (nSPS) is 13.2. The minimum absolute atomic E-state index is 0.0649. The third-order valence-electron chi connectivity index (χ3n) is 2.47. The number of ketones is 1. The summed E-state index contributed by atoms with van der Waals surface area (Å²) in [5, 5.41) is 0. The number of aromatic nitrogens is 2. The summed E-state index contributed by atoms with van der Waals surface area (Å²) in [6, 6.07) is 0. The zero-order valence-corrected chi connectivity index (χ0v) is 9.32. The number of nitrogens with zero attached hydrogens (tertiary/aromatic N) is 2. The average molecular weight is 194 g/mol. The smallest absolute Gasteiger partial charge is 0.140 e. The van der Waals surface area contributed by atoms with Crippen molar-refractivity contribution in [1.29, 1.82) is 0 Å². The number of rotatable bonds is 4. The summed E-state index contributed by atoms with van der Waals surface area (Å²) in [7, 11) is 0. The van der Waals surface area contributed by atoms with E-state index in [0.29, 0.717) is 5.92 Å². The topological polar surface area (TPSA) is 34.9 Å². The van der Waals surface area contributed by atoms with Crippen LogP contribution < -0.4 is 0 Å². The average Bonchev–Trinajstić information content (AvgIpc) is 2.51. The van der Waals surface area contributed by atoms with Gasteiger partial charge in [-0.15, -0.1) is 0 Å². The molecule has 0 saturated carbocycles. The molecule has 0 amide bonds. The molecule has 0 radical (unpaired) electrons. The molecule has 0 saturated heterocycles. The van der Waals surface area contributed by atoms with Gasteiger partial charge in [-0.2, -0.15) is 0 Å². The van der Waals surface area contributed by atoms with Crippen molar-refractivity contribution in [1.82, 2.24) is 9.55 Å². The summed E-state index contributed by atoms with van der Waals surface area (Å²) in [4.78, 5) is 15.8. The molecular formula is C11H18N2O. The van der Waals surface area contributed by atoms with Gasteiger partial charge in [-0.1, -0.05) is 13.8 Å². The minimum atomic E-state index is -0.0649. The van der Waals surface area contributed by atoms with E-state index >= 15 is 0 Å². The van der Waals surface area contributed by atoms with Crippen molar-refractivity contribution in [3.8, 4) is 0 Å². The van der Waals surface area contributed by atoms with Gasteiger partial charge in [-0.3, -0.25) is 4.79 Å². The summed E-state index contributed by atoms with van der Waals surface area (Å²) < 4.78 is 2.03. The molecule has 1 rings (SSSR count). The van der Waals surface area contributed by atoms with Crippen LogP contribution in [0.3, 0.4) is 0 Å². The second kappa shape index (κ2) is 4.40. The van der Waals surface area contributed by atoms with Crippen molar-refractivity contribution < 1.29 is 4.79 Å². The Morgan fingerprint density at radius 3 is 2.64 bits per heavy atom. The number of carbonyl (C=O) groups excluding carboxylic acids is 1. The maximum Gasteiger partial charge on any atom is 0.140 e. The maximum atomic E-state index is 11.5. The lowest BCUT2D eigenvalue weighted by Crippen LogP contribution is -2.19. The molecule has 0 aromatic carbocycles. The highest BCUT2D eigenvalue weighted by Gasteiger charge is 2.24. The Morgan fingerprint density at radius 2 is 2.21 bits per heavy atom. The van der Waals surface area contributed by atoms with Crippen molar-refractivity contribution in [2.24, 2.45) is 5.92 Å². The summed E-state index contributed by atoms with van der Waals surface area (Å²) in [5.74, 6) is 1.33. The van der Waals surface area contributed by atoms with Crippen LogP contribution in [0.15, 0.2) is 12.4 Å². The fourth-order valence-electron chi connectivity index (χ4n) is 1.82. The number of aryl methyl sites for hydroxylation is 1. The van der Waals surface area contributed by atoms with Gasteiger partial charge in [0, 0.05) is 18.9 Å². The van der Waals surface area contributed by atoms with Crippen LogP contribution in [0.25, 0.3) is 0 Å². The Hall–Kier alpha value is -1.12. The van der Waals surface area contributed by atoms with Crippen molar-refractivity contribution in [2.75, 3.05) is 0 Å². The molecule has 0 N–H and O–H groups in total. The summed E-state index contributed by atoms with van der Waals surface area (Å²) in [5.41, 5.74) is 0. The zero-order valence-electron chi connectivity index (χ0n) is 9.32. The first-order chi connectivity index (χ1) is 6.57. The van der Waals surface area contributed by atoms with Crippen molar-refractivity contribution >= 4 is 5.78 Å². The Kier molecular flexibility index (Phi) is 3.44. The molecule has 3 nitrogen and oxygen atoms in total. The lowest BCUT2D eigenvalue weighted by atomic mass is 9.91. The summed E-state index contributed by atoms with van der Waals surface area (Å²) >= 11 is 0. The molecule has 0 fully saturated rings. The third-order valence-corrected chi connectivity index (χ3v) is 2.47. The van der Waals surface area contributed by atoms with E-state index < -0.39 is 0 Å². The van der Waals surface area contributed by atoms with E-state index in [9.17, 15) is 4.79 Å². The van der Waals surface area contributed by atoms with Crippen molar-refractivity contribution in [3.05, 3.63) is 18.2 Å². The molecule has 0 aliphatic rings.